The van der Waals surface area contributed by atoms with E-state index >= 15 is 0 Å². The van der Waals surface area contributed by atoms with E-state index in [9.17, 15) is 0 Å². The van der Waals surface area contributed by atoms with E-state index in [4.69, 9.17) is 9.72 Å². The average Bonchev–Trinajstić information content (AvgIpc) is 3.25. The minimum atomic E-state index is -0.00231. The molecule has 7 heteroatoms. The van der Waals surface area contributed by atoms with E-state index in [2.05, 4.69) is 51.1 Å². The van der Waals surface area contributed by atoms with Gasteiger partial charge >= 0.3 is 0 Å². The minimum Gasteiger partial charge on any atom is -0.488 e. The first-order valence-corrected chi connectivity index (χ1v) is 9.96. The number of rotatable bonds is 4. The molecule has 2 aromatic heterocycles. The highest BCUT2D eigenvalue weighted by Gasteiger charge is 2.40. The van der Waals surface area contributed by atoms with E-state index in [0.29, 0.717) is 0 Å². The van der Waals surface area contributed by atoms with Crippen molar-refractivity contribution in [2.75, 3.05) is 38.1 Å². The molecule has 1 saturated carbocycles. The third-order valence-corrected chi connectivity index (χ3v) is 5.75. The van der Waals surface area contributed by atoms with Crippen LogP contribution in [0.25, 0.3) is 22.3 Å². The molecule has 0 radical (unpaired) electrons. The molecule has 1 aliphatic heterocycles. The van der Waals surface area contributed by atoms with Crippen molar-refractivity contribution in [3.63, 3.8) is 0 Å². The van der Waals surface area contributed by atoms with Gasteiger partial charge in [0.2, 0.25) is 0 Å². The van der Waals surface area contributed by atoms with Gasteiger partial charge < -0.3 is 14.5 Å². The normalized spacial score (nSPS) is 19.2. The topological polar surface area (TPSA) is 70.2 Å². The first-order valence-electron chi connectivity index (χ1n) is 9.96. The van der Waals surface area contributed by atoms with Crippen LogP contribution in [0.2, 0.25) is 0 Å². The van der Waals surface area contributed by atoms with Crippen LogP contribution in [0.4, 0.5) is 5.82 Å². The van der Waals surface area contributed by atoms with Crippen LogP contribution in [0.1, 0.15) is 25.6 Å². The summed E-state index contributed by atoms with van der Waals surface area (Å²) in [5.41, 5.74) is 2.71. The molecule has 2 fully saturated rings. The number of nitrogens with zero attached hydrogens (tertiary/aromatic N) is 5. The van der Waals surface area contributed by atoms with Gasteiger partial charge in [0.25, 0.3) is 0 Å². The maximum Gasteiger partial charge on any atom is 0.133 e. The molecule has 1 aliphatic carbocycles. The van der Waals surface area contributed by atoms with Crippen LogP contribution in [0.15, 0.2) is 24.3 Å². The summed E-state index contributed by atoms with van der Waals surface area (Å²) in [7, 11) is 2.16. The number of aromatic amines is 1. The summed E-state index contributed by atoms with van der Waals surface area (Å²) in [5.74, 6) is 2.64. The van der Waals surface area contributed by atoms with E-state index in [1.54, 1.807) is 0 Å². The van der Waals surface area contributed by atoms with Gasteiger partial charge in [-0.1, -0.05) is 0 Å². The SMILES string of the molecule is Cc1nc(-c2[nH]nc3ccc(OC4(C)CC4)cc23)cc(N2CCN(C)CC2)n1. The number of anilines is 1. The lowest BCUT2D eigenvalue weighted by Gasteiger charge is -2.33. The third kappa shape index (κ3) is 3.30. The number of benzene rings is 1. The lowest BCUT2D eigenvalue weighted by atomic mass is 10.1. The van der Waals surface area contributed by atoms with Crippen LogP contribution in [0.5, 0.6) is 5.75 Å². The Morgan fingerprint density at radius 2 is 1.86 bits per heavy atom. The zero-order valence-corrected chi connectivity index (χ0v) is 16.7. The number of H-pyrrole nitrogens is 1. The summed E-state index contributed by atoms with van der Waals surface area (Å²) < 4.78 is 6.15. The number of likely N-dealkylation sites (N-methyl/N-ethyl adjacent to an activating group) is 1. The molecule has 0 spiro atoms. The Kier molecular flexibility index (Phi) is 4.01. The summed E-state index contributed by atoms with van der Waals surface area (Å²) in [6.07, 6.45) is 2.23. The number of fused-ring (bicyclic) bond motifs is 1. The third-order valence-electron chi connectivity index (χ3n) is 5.75. The molecule has 28 heavy (non-hydrogen) atoms. The molecule has 1 saturated heterocycles. The molecule has 0 bridgehead atoms. The second-order valence-electron chi connectivity index (χ2n) is 8.28. The Balaban J connectivity index is 1.51. The van der Waals surface area contributed by atoms with Gasteiger partial charge in [-0.05, 0) is 51.9 Å². The van der Waals surface area contributed by atoms with Gasteiger partial charge in [0, 0.05) is 37.6 Å². The van der Waals surface area contributed by atoms with Crippen molar-refractivity contribution in [3.8, 4) is 17.1 Å². The number of aryl methyl sites for hydroxylation is 1. The van der Waals surface area contributed by atoms with Crippen molar-refractivity contribution >= 4 is 16.7 Å². The van der Waals surface area contributed by atoms with E-state index < -0.39 is 0 Å². The molecular formula is C21H26N6O. The van der Waals surface area contributed by atoms with Crippen molar-refractivity contribution in [1.82, 2.24) is 25.1 Å². The maximum absolute atomic E-state index is 6.15. The lowest BCUT2D eigenvalue weighted by molar-refractivity contribution is 0.200. The first-order chi connectivity index (χ1) is 13.5. The zero-order valence-electron chi connectivity index (χ0n) is 16.7. The molecule has 5 rings (SSSR count). The average molecular weight is 378 g/mol. The van der Waals surface area contributed by atoms with Gasteiger partial charge in [0.15, 0.2) is 0 Å². The van der Waals surface area contributed by atoms with Gasteiger partial charge in [-0.15, -0.1) is 0 Å². The van der Waals surface area contributed by atoms with Crippen LogP contribution in [-0.2, 0) is 0 Å². The quantitative estimate of drug-likeness (QED) is 0.753. The predicted molar refractivity (Wildman–Crippen MR) is 110 cm³/mol. The summed E-state index contributed by atoms with van der Waals surface area (Å²) in [6.45, 7) is 8.16. The molecule has 2 aliphatic rings. The van der Waals surface area contributed by atoms with Gasteiger partial charge in [-0.3, -0.25) is 5.10 Å². The monoisotopic (exact) mass is 378 g/mol. The van der Waals surface area contributed by atoms with Crippen molar-refractivity contribution < 1.29 is 4.74 Å². The van der Waals surface area contributed by atoms with Crippen LogP contribution < -0.4 is 9.64 Å². The number of ether oxygens (including phenoxy) is 1. The molecule has 1 N–H and O–H groups in total. The van der Waals surface area contributed by atoms with Crippen molar-refractivity contribution in [3.05, 3.63) is 30.1 Å². The predicted octanol–water partition coefficient (Wildman–Crippen LogP) is 3.01. The molecule has 146 valence electrons. The molecule has 0 unspecified atom stereocenters. The number of aromatic nitrogens is 4. The van der Waals surface area contributed by atoms with E-state index in [0.717, 1.165) is 78.7 Å². The summed E-state index contributed by atoms with van der Waals surface area (Å²) in [6, 6.07) is 8.15. The van der Waals surface area contributed by atoms with Gasteiger partial charge in [0.05, 0.1) is 16.9 Å². The largest absolute Gasteiger partial charge is 0.488 e. The molecule has 3 heterocycles. The Labute approximate surface area is 164 Å². The highest BCUT2D eigenvalue weighted by molar-refractivity contribution is 5.93. The summed E-state index contributed by atoms with van der Waals surface area (Å²) in [5, 5.41) is 8.68. The molecule has 7 nitrogen and oxygen atoms in total. The van der Waals surface area contributed by atoms with Gasteiger partial charge in [-0.25, -0.2) is 9.97 Å². The number of piperazine rings is 1. The Bertz CT molecular complexity index is 1020. The van der Waals surface area contributed by atoms with Crippen molar-refractivity contribution in [2.24, 2.45) is 0 Å². The van der Waals surface area contributed by atoms with E-state index in [1.807, 2.05) is 19.1 Å². The number of hydrogen-bond donors (Lipinski definition) is 1. The first kappa shape index (κ1) is 17.4. The van der Waals surface area contributed by atoms with Gasteiger partial charge in [-0.2, -0.15) is 5.10 Å². The molecule has 1 aromatic carbocycles. The van der Waals surface area contributed by atoms with Gasteiger partial charge in [0.1, 0.15) is 23.0 Å². The highest BCUT2D eigenvalue weighted by atomic mass is 16.5. The maximum atomic E-state index is 6.15. The second-order valence-corrected chi connectivity index (χ2v) is 8.28. The van der Waals surface area contributed by atoms with Crippen LogP contribution in [0.3, 0.4) is 0 Å². The molecule has 0 amide bonds. The Hall–Kier alpha value is -2.67. The highest BCUT2D eigenvalue weighted by Crippen LogP contribution is 2.40. The van der Waals surface area contributed by atoms with Crippen LogP contribution >= 0.6 is 0 Å². The van der Waals surface area contributed by atoms with Crippen molar-refractivity contribution in [2.45, 2.75) is 32.3 Å². The number of nitrogens with one attached hydrogen (secondary N) is 1. The molecule has 0 atom stereocenters. The smallest absolute Gasteiger partial charge is 0.133 e. The lowest BCUT2D eigenvalue weighted by Crippen LogP contribution is -2.44. The van der Waals surface area contributed by atoms with Crippen LogP contribution in [-0.4, -0.2) is 63.9 Å². The van der Waals surface area contributed by atoms with Crippen molar-refractivity contribution in [1.29, 1.82) is 0 Å². The fraction of sp³-hybridized carbons (Fsp3) is 0.476. The Morgan fingerprint density at radius 3 is 2.61 bits per heavy atom. The van der Waals surface area contributed by atoms with Crippen LogP contribution in [0, 0.1) is 6.92 Å². The standard InChI is InChI=1S/C21H26N6O/c1-14-22-18(13-19(23-14)27-10-8-26(3)9-11-27)20-16-12-15(28-21(2)6-7-21)4-5-17(16)24-25-20/h4-5,12-13H,6-11H2,1-3H3,(H,24,25). The minimum absolute atomic E-state index is 0.00231. The second kappa shape index (κ2) is 6.44. The van der Waals surface area contributed by atoms with E-state index in [-0.39, 0.29) is 5.60 Å². The fourth-order valence-electron chi connectivity index (χ4n) is 3.69. The zero-order chi connectivity index (χ0) is 19.3. The number of hydrogen-bond acceptors (Lipinski definition) is 6. The molecular weight excluding hydrogens is 352 g/mol. The Morgan fingerprint density at radius 1 is 1.07 bits per heavy atom. The summed E-state index contributed by atoms with van der Waals surface area (Å²) >= 11 is 0. The molecule has 3 aromatic rings. The van der Waals surface area contributed by atoms with E-state index in [1.165, 1.54) is 0 Å². The summed E-state index contributed by atoms with van der Waals surface area (Å²) in [4.78, 5) is 14.1. The fourth-order valence-corrected chi connectivity index (χ4v) is 3.69.